The van der Waals surface area contributed by atoms with Gasteiger partial charge in [0.05, 0.1) is 11.1 Å². The normalized spacial score (nSPS) is 21.7. The average Bonchev–Trinajstić information content (AvgIpc) is 4.15. The van der Waals surface area contributed by atoms with Crippen LogP contribution >= 0.6 is 15.9 Å². The lowest BCUT2D eigenvalue weighted by molar-refractivity contribution is -0.144. The zero-order chi connectivity index (χ0) is 54.4. The average molecular weight is 1150 g/mol. The van der Waals surface area contributed by atoms with E-state index in [1.54, 1.807) is 6.92 Å². The molecule has 2 aromatic carbocycles. The van der Waals surface area contributed by atoms with Crippen LogP contribution in [0.4, 0.5) is 73.5 Å². The Morgan fingerprint density at radius 3 is 1.43 bits per heavy atom. The molecule has 2 aliphatic carbocycles. The number of piperidine rings is 2. The van der Waals surface area contributed by atoms with Crippen LogP contribution < -0.4 is 25.0 Å². The Kier molecular flexibility index (Phi) is 15.6. The number of rotatable bonds is 10. The minimum atomic E-state index is -5.01. The Labute approximate surface area is 422 Å². The molecule has 0 radical (unpaired) electrons. The van der Waals surface area contributed by atoms with Gasteiger partial charge in [0.25, 0.3) is 0 Å². The predicted molar refractivity (Wildman–Crippen MR) is 233 cm³/mol. The van der Waals surface area contributed by atoms with E-state index < -0.39 is 84.1 Å². The first-order chi connectivity index (χ1) is 35.0. The van der Waals surface area contributed by atoms with Crippen molar-refractivity contribution >= 4 is 28.0 Å². The molecule has 2 saturated heterocycles. The molecule has 4 bridgehead atoms. The van der Waals surface area contributed by atoms with Crippen molar-refractivity contribution in [3.05, 3.63) is 81.4 Å². The lowest BCUT2D eigenvalue weighted by Crippen LogP contribution is -2.48. The van der Waals surface area contributed by atoms with Crippen LogP contribution in [0.15, 0.2) is 50.2 Å². The first-order valence-corrected chi connectivity index (χ1v) is 23.5. The number of alkyl halides is 12. The van der Waals surface area contributed by atoms with E-state index in [9.17, 15) is 61.5 Å². The first kappa shape index (κ1) is 54.9. The van der Waals surface area contributed by atoms with Crippen LogP contribution in [-0.4, -0.2) is 94.4 Å². The highest BCUT2D eigenvalue weighted by molar-refractivity contribution is 9.10. The number of fused-ring (bicyclic) bond motifs is 4. The lowest BCUT2D eigenvalue weighted by atomic mass is 9.82. The largest absolute Gasteiger partial charge is 0.424 e. The van der Waals surface area contributed by atoms with Crippen molar-refractivity contribution in [1.82, 2.24) is 49.8 Å². The van der Waals surface area contributed by atoms with Crippen LogP contribution in [0, 0.1) is 55.1 Å². The minimum absolute atomic E-state index is 0.0810. The molecule has 4 fully saturated rings. The molecule has 4 aromatic heterocycles. The number of halogens is 15. The molecule has 0 amide bonds. The van der Waals surface area contributed by atoms with Crippen molar-refractivity contribution in [2.75, 3.05) is 36.0 Å². The van der Waals surface area contributed by atoms with E-state index >= 15 is 0 Å². The number of anilines is 2. The van der Waals surface area contributed by atoms with Gasteiger partial charge in [-0.05, 0) is 121 Å². The molecule has 408 valence electrons. The van der Waals surface area contributed by atoms with Crippen LogP contribution in [0.5, 0.6) is 23.5 Å². The van der Waals surface area contributed by atoms with E-state index in [1.807, 2.05) is 11.8 Å². The van der Waals surface area contributed by atoms with Gasteiger partial charge in [-0.15, -0.1) is 5.10 Å². The Morgan fingerprint density at radius 1 is 0.600 bits per heavy atom. The maximum atomic E-state index is 13.6. The third kappa shape index (κ3) is 13.7. The first-order valence-electron chi connectivity index (χ1n) is 22.7. The van der Waals surface area contributed by atoms with Gasteiger partial charge in [0.1, 0.15) is 36.2 Å². The summed E-state index contributed by atoms with van der Waals surface area (Å²) in [6.45, 7) is 3.65. The summed E-state index contributed by atoms with van der Waals surface area (Å²) < 4.78 is 201. The quantitative estimate of drug-likeness (QED) is 0.127. The Balaban J connectivity index is 0.000000166. The van der Waals surface area contributed by atoms with Gasteiger partial charge in [0.15, 0.2) is 17.5 Å². The van der Waals surface area contributed by atoms with Gasteiger partial charge in [-0.3, -0.25) is 0 Å². The third-order valence-corrected chi connectivity index (χ3v) is 13.1. The highest BCUT2D eigenvalue weighted by Crippen LogP contribution is 2.45. The summed E-state index contributed by atoms with van der Waals surface area (Å²) in [6.07, 6.45) is -14.8. The van der Waals surface area contributed by atoms with Crippen molar-refractivity contribution in [2.24, 2.45) is 35.3 Å². The van der Waals surface area contributed by atoms with E-state index in [4.69, 9.17) is 24.3 Å². The molecule has 4 unspecified atom stereocenters. The fourth-order valence-electron chi connectivity index (χ4n) is 9.52. The highest BCUT2D eigenvalue weighted by Gasteiger charge is 2.45. The monoisotopic (exact) mass is 1150 g/mol. The number of nitrogens with two attached hydrogens (primary N) is 1. The van der Waals surface area contributed by atoms with Gasteiger partial charge in [0, 0.05) is 38.6 Å². The van der Waals surface area contributed by atoms with Crippen molar-refractivity contribution in [3.63, 3.8) is 0 Å². The topological polar surface area (TPSA) is 190 Å². The van der Waals surface area contributed by atoms with Crippen molar-refractivity contribution < 1.29 is 80.0 Å². The lowest BCUT2D eigenvalue weighted by Gasteiger charge is -2.36. The smallest absolute Gasteiger partial charge is 0.419 e. The Morgan fingerprint density at radius 2 is 1.01 bits per heavy atom. The zero-order valence-corrected chi connectivity index (χ0v) is 40.5. The van der Waals surface area contributed by atoms with E-state index in [2.05, 4.69) is 61.3 Å². The van der Waals surface area contributed by atoms with Gasteiger partial charge < -0.3 is 34.1 Å². The molecular formula is C43H42BrF14N13O4. The van der Waals surface area contributed by atoms with Crippen LogP contribution in [0.3, 0.4) is 0 Å². The molecule has 2 saturated carbocycles. The van der Waals surface area contributed by atoms with E-state index in [-0.39, 0.29) is 34.7 Å². The SMILES string of the molecule is Cc1noc(N2CC3CCC(C2)C3Cc2nc(Oc3ccc(F)c(C(F)(F)F)c3)n(CC(F)(F)F)n2)n1.Cc1noc(N2CC3CCC(C2)C3N)n1.Fc1ccc(Oc2nc(Br)nn2CC(F)(F)F)cc1C(F)(F)F. The fourth-order valence-corrected chi connectivity index (χ4v) is 9.87. The van der Waals surface area contributed by atoms with Crippen LogP contribution in [-0.2, 0) is 31.9 Å². The van der Waals surface area contributed by atoms with E-state index in [0.29, 0.717) is 88.3 Å². The Hall–Kier alpha value is -6.34. The number of benzene rings is 2. The van der Waals surface area contributed by atoms with Gasteiger partial charge in [-0.1, -0.05) is 10.3 Å². The van der Waals surface area contributed by atoms with Crippen molar-refractivity contribution in [1.29, 1.82) is 0 Å². The van der Waals surface area contributed by atoms with E-state index in [1.165, 1.54) is 12.8 Å². The van der Waals surface area contributed by atoms with Crippen LogP contribution in [0.25, 0.3) is 0 Å². The number of aryl methyl sites for hydroxylation is 2. The molecule has 6 heterocycles. The third-order valence-electron chi connectivity index (χ3n) is 12.8. The van der Waals surface area contributed by atoms with Gasteiger partial charge in [0.2, 0.25) is 4.73 Å². The van der Waals surface area contributed by atoms with Gasteiger partial charge in [-0.2, -0.15) is 77.7 Å². The standard InChI is InChI=1S/C22H21F7N6O2.C11H5BrF7N3O.C10H16N4O/c1-11-30-19(37-33-11)34-8-12-2-3-13(9-34)15(12)7-18-31-20(35(32-18)10-21(24,25)26)36-14-4-5-17(23)16(6-14)22(27,28)29;12-8-20-9(22(21-8)4-10(14,15)16)23-5-1-2-7(13)6(3-5)11(17,18)19;1-6-12-10(15-13-6)14-4-7-2-3-8(5-14)9(7)11/h4-6,12-13,15H,2-3,7-10H2,1H3;1-3H,4H2;7-9H,2-5,11H2,1H3. The van der Waals surface area contributed by atoms with E-state index in [0.717, 1.165) is 38.1 Å². The molecule has 6 aromatic rings. The summed E-state index contributed by atoms with van der Waals surface area (Å²) in [7, 11) is 0. The molecule has 75 heavy (non-hydrogen) atoms. The van der Waals surface area contributed by atoms with Gasteiger partial charge in [-0.25, -0.2) is 18.1 Å². The Bertz CT molecular complexity index is 2890. The van der Waals surface area contributed by atoms with Gasteiger partial charge >= 0.3 is 48.8 Å². The predicted octanol–water partition coefficient (Wildman–Crippen LogP) is 10.3. The van der Waals surface area contributed by atoms with Crippen molar-refractivity contribution in [3.8, 4) is 23.5 Å². The van der Waals surface area contributed by atoms with Crippen molar-refractivity contribution in [2.45, 2.75) is 89.8 Å². The molecule has 10 rings (SSSR count). The highest BCUT2D eigenvalue weighted by atomic mass is 79.9. The number of ether oxygens (including phenoxy) is 2. The molecule has 4 atom stereocenters. The molecule has 17 nitrogen and oxygen atoms in total. The molecule has 4 aliphatic rings. The maximum Gasteiger partial charge on any atom is 0.419 e. The molecule has 2 aliphatic heterocycles. The van der Waals surface area contributed by atoms with Crippen LogP contribution in [0.1, 0.15) is 54.3 Å². The summed E-state index contributed by atoms with van der Waals surface area (Å²) in [4.78, 5) is 20.3. The second-order valence-corrected chi connectivity index (χ2v) is 18.9. The summed E-state index contributed by atoms with van der Waals surface area (Å²) in [5, 5.41) is 15.0. The molecule has 2 N–H and O–H groups in total. The molecule has 0 spiro atoms. The molecular weight excluding hydrogens is 1110 g/mol. The fraction of sp³-hybridized carbons (Fsp3) is 0.535. The summed E-state index contributed by atoms with van der Waals surface area (Å²) in [5.74, 6) is -1.15. The second-order valence-electron chi connectivity index (χ2n) is 18.2. The second kappa shape index (κ2) is 21.4. The number of hydrogen-bond acceptors (Lipinski definition) is 15. The maximum absolute atomic E-state index is 13.6. The number of hydrogen-bond donors (Lipinski definition) is 1. The summed E-state index contributed by atoms with van der Waals surface area (Å²) >= 11 is 2.73. The number of nitrogens with zero attached hydrogens (tertiary/aromatic N) is 12. The zero-order valence-electron chi connectivity index (χ0n) is 39.0. The molecule has 32 heteroatoms. The summed E-state index contributed by atoms with van der Waals surface area (Å²) in [5.41, 5.74) is 2.92. The summed E-state index contributed by atoms with van der Waals surface area (Å²) in [6, 6.07) is 3.55. The minimum Gasteiger partial charge on any atom is -0.424 e. The van der Waals surface area contributed by atoms with Crippen LogP contribution in [0.2, 0.25) is 0 Å². The number of aromatic nitrogens is 10.